The van der Waals surface area contributed by atoms with Crippen molar-refractivity contribution < 1.29 is 13.9 Å². The number of carbonyl (C=O) groups excluding carboxylic acids is 1. The van der Waals surface area contributed by atoms with Crippen LogP contribution in [0.4, 0.5) is 0 Å². The van der Waals surface area contributed by atoms with Gasteiger partial charge in [0.2, 0.25) is 11.8 Å². The summed E-state index contributed by atoms with van der Waals surface area (Å²) in [5.74, 6) is 1.27. The standard InChI is InChI=1S/C17H16N2O3/c1-11(20)18-10-12-3-5-13(6-4-12)17-19-15-9-14(21-2)7-8-16(15)22-17/h3-9H,10H2,1-2H3,(H,18,20). The molecule has 0 fully saturated rings. The Balaban J connectivity index is 1.85. The van der Waals surface area contributed by atoms with Crippen molar-refractivity contribution in [2.75, 3.05) is 7.11 Å². The van der Waals surface area contributed by atoms with E-state index in [4.69, 9.17) is 9.15 Å². The maximum absolute atomic E-state index is 10.9. The first-order valence-electron chi connectivity index (χ1n) is 6.94. The largest absolute Gasteiger partial charge is 0.497 e. The van der Waals surface area contributed by atoms with Crippen molar-refractivity contribution in [3.8, 4) is 17.2 Å². The highest BCUT2D eigenvalue weighted by molar-refractivity contribution is 5.77. The Bertz CT molecular complexity index is 806. The summed E-state index contributed by atoms with van der Waals surface area (Å²) in [6.07, 6.45) is 0. The van der Waals surface area contributed by atoms with E-state index in [0.29, 0.717) is 12.4 Å². The number of ether oxygens (including phenoxy) is 1. The summed E-state index contributed by atoms with van der Waals surface area (Å²) in [6, 6.07) is 13.3. The average Bonchev–Trinajstić information content (AvgIpc) is 2.96. The zero-order chi connectivity index (χ0) is 15.5. The molecule has 1 amide bonds. The van der Waals surface area contributed by atoms with Gasteiger partial charge in [-0.25, -0.2) is 4.98 Å². The predicted molar refractivity (Wildman–Crippen MR) is 83.5 cm³/mol. The predicted octanol–water partition coefficient (Wildman–Crippen LogP) is 3.14. The number of benzene rings is 2. The Morgan fingerprint density at radius 1 is 1.23 bits per heavy atom. The molecule has 0 atom stereocenters. The zero-order valence-corrected chi connectivity index (χ0v) is 12.4. The van der Waals surface area contributed by atoms with Gasteiger partial charge in [0, 0.05) is 25.1 Å². The number of methoxy groups -OCH3 is 1. The molecule has 3 aromatic rings. The highest BCUT2D eigenvalue weighted by Crippen LogP contribution is 2.27. The Morgan fingerprint density at radius 2 is 2.00 bits per heavy atom. The van der Waals surface area contributed by atoms with Gasteiger partial charge in [0.25, 0.3) is 0 Å². The number of hydrogen-bond acceptors (Lipinski definition) is 4. The van der Waals surface area contributed by atoms with Gasteiger partial charge in [0.15, 0.2) is 5.58 Å². The number of nitrogens with zero attached hydrogens (tertiary/aromatic N) is 1. The smallest absolute Gasteiger partial charge is 0.227 e. The van der Waals surface area contributed by atoms with E-state index in [9.17, 15) is 4.79 Å². The van der Waals surface area contributed by atoms with Crippen molar-refractivity contribution in [3.63, 3.8) is 0 Å². The van der Waals surface area contributed by atoms with Gasteiger partial charge in [-0.2, -0.15) is 0 Å². The van der Waals surface area contributed by atoms with Gasteiger partial charge in [0.1, 0.15) is 11.3 Å². The zero-order valence-electron chi connectivity index (χ0n) is 12.4. The third-order valence-electron chi connectivity index (χ3n) is 3.34. The number of aromatic nitrogens is 1. The van der Waals surface area contributed by atoms with Gasteiger partial charge in [-0.1, -0.05) is 12.1 Å². The van der Waals surface area contributed by atoms with E-state index in [1.165, 1.54) is 6.92 Å². The minimum absolute atomic E-state index is 0.0445. The second kappa shape index (κ2) is 5.89. The maximum Gasteiger partial charge on any atom is 0.227 e. The van der Waals surface area contributed by atoms with Crippen LogP contribution in [0, 0.1) is 0 Å². The van der Waals surface area contributed by atoms with Crippen LogP contribution in [0.15, 0.2) is 46.9 Å². The van der Waals surface area contributed by atoms with Crippen LogP contribution in [0.25, 0.3) is 22.6 Å². The van der Waals surface area contributed by atoms with Crippen LogP contribution in [0.2, 0.25) is 0 Å². The molecule has 112 valence electrons. The lowest BCUT2D eigenvalue weighted by atomic mass is 10.1. The number of carbonyl (C=O) groups is 1. The van der Waals surface area contributed by atoms with Crippen LogP contribution in [-0.4, -0.2) is 18.0 Å². The first-order chi connectivity index (χ1) is 10.7. The van der Waals surface area contributed by atoms with Gasteiger partial charge in [-0.15, -0.1) is 0 Å². The van der Waals surface area contributed by atoms with Crippen LogP contribution in [-0.2, 0) is 11.3 Å². The van der Waals surface area contributed by atoms with E-state index in [1.807, 2.05) is 42.5 Å². The Kier molecular flexibility index (Phi) is 3.78. The molecule has 0 radical (unpaired) electrons. The Morgan fingerprint density at radius 3 is 2.68 bits per heavy atom. The van der Waals surface area contributed by atoms with Crippen LogP contribution in [0.5, 0.6) is 5.75 Å². The lowest BCUT2D eigenvalue weighted by molar-refractivity contribution is -0.119. The topological polar surface area (TPSA) is 64.4 Å². The number of hydrogen-bond donors (Lipinski definition) is 1. The number of amides is 1. The molecule has 0 saturated heterocycles. The van der Waals surface area contributed by atoms with Crippen LogP contribution < -0.4 is 10.1 Å². The maximum atomic E-state index is 10.9. The highest BCUT2D eigenvalue weighted by Gasteiger charge is 2.09. The summed E-state index contributed by atoms with van der Waals surface area (Å²) in [5, 5.41) is 2.76. The van der Waals surface area contributed by atoms with Crippen LogP contribution in [0.1, 0.15) is 12.5 Å². The van der Waals surface area contributed by atoms with Crippen molar-refractivity contribution in [3.05, 3.63) is 48.0 Å². The number of fused-ring (bicyclic) bond motifs is 1. The molecule has 1 heterocycles. The molecule has 22 heavy (non-hydrogen) atoms. The molecular weight excluding hydrogens is 280 g/mol. The molecule has 0 aliphatic rings. The molecule has 2 aromatic carbocycles. The summed E-state index contributed by atoms with van der Waals surface area (Å²) in [5.41, 5.74) is 3.40. The quantitative estimate of drug-likeness (QED) is 0.803. The van der Waals surface area contributed by atoms with Gasteiger partial charge in [-0.05, 0) is 29.8 Å². The van der Waals surface area contributed by atoms with E-state index in [0.717, 1.165) is 28.0 Å². The van der Waals surface area contributed by atoms with E-state index in [2.05, 4.69) is 10.3 Å². The molecule has 0 saturated carbocycles. The molecule has 0 aliphatic heterocycles. The summed E-state index contributed by atoms with van der Waals surface area (Å²) in [6.45, 7) is 2.02. The van der Waals surface area contributed by atoms with E-state index >= 15 is 0 Å². The number of rotatable bonds is 4. The molecule has 5 heteroatoms. The summed E-state index contributed by atoms with van der Waals surface area (Å²) < 4.78 is 10.9. The van der Waals surface area contributed by atoms with Crippen molar-refractivity contribution in [2.45, 2.75) is 13.5 Å². The third kappa shape index (κ3) is 2.93. The summed E-state index contributed by atoms with van der Waals surface area (Å²) in [4.78, 5) is 15.4. The molecule has 5 nitrogen and oxygen atoms in total. The normalized spacial score (nSPS) is 10.6. The first kappa shape index (κ1) is 14.1. The van der Waals surface area contributed by atoms with Gasteiger partial charge >= 0.3 is 0 Å². The fraction of sp³-hybridized carbons (Fsp3) is 0.176. The number of nitrogens with one attached hydrogen (secondary N) is 1. The monoisotopic (exact) mass is 296 g/mol. The molecule has 0 aliphatic carbocycles. The molecule has 1 aromatic heterocycles. The molecular formula is C17H16N2O3. The molecule has 1 N–H and O–H groups in total. The van der Waals surface area contributed by atoms with Crippen molar-refractivity contribution in [1.82, 2.24) is 10.3 Å². The fourth-order valence-electron chi connectivity index (χ4n) is 2.15. The first-order valence-corrected chi connectivity index (χ1v) is 6.94. The highest BCUT2D eigenvalue weighted by atomic mass is 16.5. The van der Waals surface area contributed by atoms with Gasteiger partial charge in [-0.3, -0.25) is 4.79 Å². The SMILES string of the molecule is COc1ccc2oc(-c3ccc(CNC(C)=O)cc3)nc2c1. The second-order valence-electron chi connectivity index (χ2n) is 4.96. The van der Waals surface area contributed by atoms with Crippen LogP contribution in [0.3, 0.4) is 0 Å². The van der Waals surface area contributed by atoms with E-state index < -0.39 is 0 Å². The summed E-state index contributed by atoms with van der Waals surface area (Å²) in [7, 11) is 1.62. The summed E-state index contributed by atoms with van der Waals surface area (Å²) >= 11 is 0. The number of oxazole rings is 1. The molecule has 0 bridgehead atoms. The minimum Gasteiger partial charge on any atom is -0.497 e. The minimum atomic E-state index is -0.0445. The molecule has 3 rings (SSSR count). The fourth-order valence-corrected chi connectivity index (χ4v) is 2.15. The van der Waals surface area contributed by atoms with Crippen molar-refractivity contribution in [2.24, 2.45) is 0 Å². The second-order valence-corrected chi connectivity index (χ2v) is 4.96. The molecule has 0 unspecified atom stereocenters. The van der Waals surface area contributed by atoms with Gasteiger partial charge in [0.05, 0.1) is 7.11 Å². The van der Waals surface area contributed by atoms with E-state index in [-0.39, 0.29) is 5.91 Å². The van der Waals surface area contributed by atoms with Crippen molar-refractivity contribution in [1.29, 1.82) is 0 Å². The Labute approximate surface area is 127 Å². The lowest BCUT2D eigenvalue weighted by Crippen LogP contribution is -2.18. The van der Waals surface area contributed by atoms with Gasteiger partial charge < -0.3 is 14.5 Å². The van der Waals surface area contributed by atoms with Crippen molar-refractivity contribution >= 4 is 17.0 Å². The molecule has 0 spiro atoms. The Hall–Kier alpha value is -2.82. The lowest BCUT2D eigenvalue weighted by Gasteiger charge is -2.02. The third-order valence-corrected chi connectivity index (χ3v) is 3.34. The van der Waals surface area contributed by atoms with Crippen LogP contribution >= 0.6 is 0 Å². The van der Waals surface area contributed by atoms with E-state index in [1.54, 1.807) is 7.11 Å². The average molecular weight is 296 g/mol.